The van der Waals surface area contributed by atoms with Crippen molar-refractivity contribution in [1.29, 1.82) is 0 Å². The Kier molecular flexibility index (Phi) is 3.35. The molecule has 0 spiro atoms. The lowest BCUT2D eigenvalue weighted by atomic mass is 10.3. The lowest BCUT2D eigenvalue weighted by Gasteiger charge is -2.14. The third-order valence-electron chi connectivity index (χ3n) is 1.03. The zero-order valence-corrected chi connectivity index (χ0v) is 6.76. The van der Waals surface area contributed by atoms with Gasteiger partial charge in [-0.3, -0.25) is 10.1 Å². The van der Waals surface area contributed by atoms with Crippen molar-refractivity contribution in [2.45, 2.75) is 23.9 Å². The Morgan fingerprint density at radius 3 is 2.30 bits per heavy atom. The van der Waals surface area contributed by atoms with Crippen molar-refractivity contribution >= 4 is 23.2 Å². The van der Waals surface area contributed by atoms with Gasteiger partial charge in [0.25, 0.3) is 0 Å². The van der Waals surface area contributed by atoms with Crippen LogP contribution in [0.25, 0.3) is 0 Å². The summed E-state index contributed by atoms with van der Waals surface area (Å²) >= 11 is 10.3. The zero-order valence-electron chi connectivity index (χ0n) is 5.25. The molecule has 0 fully saturated rings. The molecule has 0 aromatic rings. The SMILES string of the molecule is CCC(O)C(Cl)(Cl)[N+](=O)[O-]. The first-order chi connectivity index (χ1) is 4.42. The van der Waals surface area contributed by atoms with Gasteiger partial charge in [-0.1, -0.05) is 6.92 Å². The van der Waals surface area contributed by atoms with Crippen LogP contribution in [0.1, 0.15) is 13.3 Å². The molecule has 0 aliphatic rings. The summed E-state index contributed by atoms with van der Waals surface area (Å²) in [6.45, 7) is 1.55. The summed E-state index contributed by atoms with van der Waals surface area (Å²) in [6, 6.07) is 0. The highest BCUT2D eigenvalue weighted by atomic mass is 35.5. The number of nitro groups is 1. The van der Waals surface area contributed by atoms with E-state index < -0.39 is 15.5 Å². The standard InChI is InChI=1S/C4H7Cl2NO3/c1-2-3(8)4(5,6)7(9)10/h3,8H,2H2,1H3. The predicted octanol–water partition coefficient (Wildman–Crippen LogP) is 1.17. The Balaban J connectivity index is 4.23. The number of hydrogen-bond donors (Lipinski definition) is 1. The van der Waals surface area contributed by atoms with Gasteiger partial charge in [-0.2, -0.15) is 0 Å². The maximum Gasteiger partial charge on any atom is 0.395 e. The van der Waals surface area contributed by atoms with Crippen LogP contribution >= 0.6 is 23.2 Å². The Bertz CT molecular complexity index is 138. The van der Waals surface area contributed by atoms with E-state index in [-0.39, 0.29) is 6.42 Å². The highest BCUT2D eigenvalue weighted by Crippen LogP contribution is 2.27. The molecule has 0 saturated heterocycles. The normalized spacial score (nSPS) is 14.8. The van der Waals surface area contributed by atoms with E-state index in [1.165, 1.54) is 0 Å². The molecule has 0 aliphatic carbocycles. The molecule has 1 atom stereocenters. The molecule has 1 N–H and O–H groups in total. The molecule has 0 aromatic heterocycles. The first kappa shape index (κ1) is 9.94. The molecule has 0 heterocycles. The van der Waals surface area contributed by atoms with E-state index in [0.29, 0.717) is 0 Å². The number of halogens is 2. The van der Waals surface area contributed by atoms with Crippen molar-refractivity contribution in [1.82, 2.24) is 0 Å². The maximum atomic E-state index is 10.0. The van der Waals surface area contributed by atoms with Crippen LogP contribution in [0.3, 0.4) is 0 Å². The number of hydrogen-bond acceptors (Lipinski definition) is 3. The molecule has 0 bridgehead atoms. The molecule has 0 aromatic carbocycles. The van der Waals surface area contributed by atoms with Crippen molar-refractivity contribution in [2.75, 3.05) is 0 Å². The molecular weight excluding hydrogens is 181 g/mol. The van der Waals surface area contributed by atoms with Crippen molar-refractivity contribution < 1.29 is 10.0 Å². The maximum absolute atomic E-state index is 10.0. The fourth-order valence-corrected chi connectivity index (χ4v) is 0.676. The van der Waals surface area contributed by atoms with Crippen LogP contribution in [0.15, 0.2) is 0 Å². The lowest BCUT2D eigenvalue weighted by molar-refractivity contribution is -0.527. The van der Waals surface area contributed by atoms with Crippen LogP contribution in [-0.2, 0) is 0 Å². The van der Waals surface area contributed by atoms with E-state index in [4.69, 9.17) is 28.3 Å². The van der Waals surface area contributed by atoms with Crippen LogP contribution in [0.2, 0.25) is 0 Å². The fourth-order valence-electron chi connectivity index (χ4n) is 0.367. The highest BCUT2D eigenvalue weighted by molar-refractivity contribution is 6.47. The summed E-state index contributed by atoms with van der Waals surface area (Å²) < 4.78 is -2.27. The molecule has 0 amide bonds. The minimum Gasteiger partial charge on any atom is -0.383 e. The summed E-state index contributed by atoms with van der Waals surface area (Å²) in [5.41, 5.74) is 0. The van der Waals surface area contributed by atoms with Gasteiger partial charge >= 0.3 is 4.46 Å². The third kappa shape index (κ3) is 1.97. The first-order valence-electron chi connectivity index (χ1n) is 2.63. The largest absolute Gasteiger partial charge is 0.395 e. The second kappa shape index (κ2) is 3.37. The van der Waals surface area contributed by atoms with E-state index in [2.05, 4.69) is 0 Å². The number of aliphatic hydroxyl groups excluding tert-OH is 1. The van der Waals surface area contributed by atoms with E-state index in [1.807, 2.05) is 0 Å². The van der Waals surface area contributed by atoms with Gasteiger partial charge in [0.2, 0.25) is 0 Å². The van der Waals surface area contributed by atoms with Crippen molar-refractivity contribution in [2.24, 2.45) is 0 Å². The Hall–Kier alpha value is -0.0600. The number of nitrogens with zero attached hydrogens (tertiary/aromatic N) is 1. The number of aliphatic hydroxyl groups is 1. The third-order valence-corrected chi connectivity index (χ3v) is 1.81. The fraction of sp³-hybridized carbons (Fsp3) is 1.00. The minimum absolute atomic E-state index is 0.147. The van der Waals surface area contributed by atoms with Gasteiger partial charge in [0.1, 0.15) is 0 Å². The quantitative estimate of drug-likeness (QED) is 0.313. The zero-order chi connectivity index (χ0) is 8.36. The topological polar surface area (TPSA) is 63.4 Å². The average molecular weight is 188 g/mol. The van der Waals surface area contributed by atoms with Gasteiger partial charge in [0, 0.05) is 0 Å². The van der Waals surface area contributed by atoms with Gasteiger partial charge in [0.05, 0.1) is 4.92 Å². The second-order valence-corrected chi connectivity index (χ2v) is 3.11. The molecular formula is C4H7Cl2NO3. The Morgan fingerprint density at radius 1 is 1.80 bits per heavy atom. The van der Waals surface area contributed by atoms with Crippen LogP contribution in [0.5, 0.6) is 0 Å². The van der Waals surface area contributed by atoms with Crippen molar-refractivity contribution in [3.63, 3.8) is 0 Å². The first-order valence-corrected chi connectivity index (χ1v) is 3.38. The molecule has 0 saturated carbocycles. The summed E-state index contributed by atoms with van der Waals surface area (Å²) in [5.74, 6) is 0. The number of alkyl halides is 2. The van der Waals surface area contributed by atoms with Gasteiger partial charge in [-0.05, 0) is 29.6 Å². The van der Waals surface area contributed by atoms with E-state index in [1.54, 1.807) is 6.92 Å². The molecule has 6 heteroatoms. The summed E-state index contributed by atoms with van der Waals surface area (Å²) in [5, 5.41) is 18.9. The van der Waals surface area contributed by atoms with E-state index in [0.717, 1.165) is 0 Å². The Morgan fingerprint density at radius 2 is 2.20 bits per heavy atom. The minimum atomic E-state index is -2.27. The smallest absolute Gasteiger partial charge is 0.383 e. The predicted molar refractivity (Wildman–Crippen MR) is 37.7 cm³/mol. The molecule has 60 valence electrons. The number of rotatable bonds is 3. The van der Waals surface area contributed by atoms with E-state index >= 15 is 0 Å². The van der Waals surface area contributed by atoms with Gasteiger partial charge < -0.3 is 5.11 Å². The summed E-state index contributed by atoms with van der Waals surface area (Å²) in [4.78, 5) is 9.08. The Labute approximate surface area is 67.9 Å². The molecule has 1 unspecified atom stereocenters. The second-order valence-electron chi connectivity index (χ2n) is 1.77. The molecule has 0 aliphatic heterocycles. The van der Waals surface area contributed by atoms with Gasteiger partial charge in [-0.25, -0.2) is 0 Å². The van der Waals surface area contributed by atoms with E-state index in [9.17, 15) is 10.1 Å². The average Bonchev–Trinajstić information content (AvgIpc) is 1.86. The molecule has 4 nitrogen and oxygen atoms in total. The van der Waals surface area contributed by atoms with Crippen LogP contribution < -0.4 is 0 Å². The molecule has 0 radical (unpaired) electrons. The molecule has 0 rings (SSSR count). The van der Waals surface area contributed by atoms with Crippen LogP contribution in [-0.4, -0.2) is 20.6 Å². The van der Waals surface area contributed by atoms with Crippen LogP contribution in [0.4, 0.5) is 0 Å². The summed E-state index contributed by atoms with van der Waals surface area (Å²) in [6.07, 6.45) is -1.18. The van der Waals surface area contributed by atoms with Gasteiger partial charge in [-0.15, -0.1) is 0 Å². The molecule has 10 heavy (non-hydrogen) atoms. The monoisotopic (exact) mass is 187 g/mol. The van der Waals surface area contributed by atoms with Gasteiger partial charge in [0.15, 0.2) is 6.10 Å². The summed E-state index contributed by atoms with van der Waals surface area (Å²) in [7, 11) is 0. The lowest BCUT2D eigenvalue weighted by Crippen LogP contribution is -2.38. The van der Waals surface area contributed by atoms with Crippen molar-refractivity contribution in [3.05, 3.63) is 10.1 Å². The highest BCUT2D eigenvalue weighted by Gasteiger charge is 2.45. The van der Waals surface area contributed by atoms with Crippen LogP contribution in [0, 0.1) is 10.1 Å². The van der Waals surface area contributed by atoms with Crippen molar-refractivity contribution in [3.8, 4) is 0 Å².